The van der Waals surface area contributed by atoms with Crippen LogP contribution in [0.4, 0.5) is 0 Å². The standard InChI is InChI=1S/C16H27NO2/c1-3-16(4-2,14-19)13-17(10-11-18)12-15-8-6-5-7-9-15/h5-9,18-19H,3-4,10-14H2,1-2H3. The molecule has 3 heteroatoms. The maximum Gasteiger partial charge on any atom is 0.0558 e. The molecular weight excluding hydrogens is 238 g/mol. The van der Waals surface area contributed by atoms with Gasteiger partial charge in [-0.25, -0.2) is 0 Å². The van der Waals surface area contributed by atoms with Crippen molar-refractivity contribution >= 4 is 0 Å². The second-order valence-electron chi connectivity index (χ2n) is 5.29. The average Bonchev–Trinajstić information content (AvgIpc) is 2.46. The quantitative estimate of drug-likeness (QED) is 0.720. The Kier molecular flexibility index (Phi) is 7.06. The summed E-state index contributed by atoms with van der Waals surface area (Å²) in [6.07, 6.45) is 1.91. The molecule has 0 amide bonds. The fourth-order valence-electron chi connectivity index (χ4n) is 2.42. The van der Waals surface area contributed by atoms with E-state index < -0.39 is 0 Å². The van der Waals surface area contributed by atoms with Crippen LogP contribution >= 0.6 is 0 Å². The van der Waals surface area contributed by atoms with E-state index in [-0.39, 0.29) is 18.6 Å². The first kappa shape index (κ1) is 16.2. The van der Waals surface area contributed by atoms with E-state index in [1.165, 1.54) is 5.56 Å². The van der Waals surface area contributed by atoms with Crippen LogP contribution in [0.15, 0.2) is 30.3 Å². The SMILES string of the molecule is CCC(CC)(CO)CN(CCO)Cc1ccccc1. The number of benzene rings is 1. The lowest BCUT2D eigenvalue weighted by Gasteiger charge is -2.35. The van der Waals surface area contributed by atoms with Gasteiger partial charge in [0.25, 0.3) is 0 Å². The zero-order chi connectivity index (χ0) is 14.1. The first-order valence-corrected chi connectivity index (χ1v) is 7.17. The van der Waals surface area contributed by atoms with Crippen molar-refractivity contribution in [2.24, 2.45) is 5.41 Å². The largest absolute Gasteiger partial charge is 0.396 e. The van der Waals surface area contributed by atoms with E-state index in [4.69, 9.17) is 0 Å². The zero-order valence-corrected chi connectivity index (χ0v) is 12.2. The van der Waals surface area contributed by atoms with E-state index in [1.807, 2.05) is 18.2 Å². The van der Waals surface area contributed by atoms with Crippen LogP contribution in [0, 0.1) is 5.41 Å². The Hall–Kier alpha value is -0.900. The molecule has 0 aromatic heterocycles. The van der Waals surface area contributed by atoms with Crippen molar-refractivity contribution in [3.05, 3.63) is 35.9 Å². The van der Waals surface area contributed by atoms with E-state index in [2.05, 4.69) is 30.9 Å². The third-order valence-electron chi connectivity index (χ3n) is 4.06. The summed E-state index contributed by atoms with van der Waals surface area (Å²) in [5.41, 5.74) is 1.19. The van der Waals surface area contributed by atoms with Crippen LogP contribution in [-0.2, 0) is 6.54 Å². The van der Waals surface area contributed by atoms with E-state index in [0.717, 1.165) is 25.9 Å². The van der Waals surface area contributed by atoms with Crippen LogP contribution in [0.3, 0.4) is 0 Å². The van der Waals surface area contributed by atoms with E-state index in [9.17, 15) is 10.2 Å². The van der Waals surface area contributed by atoms with E-state index in [0.29, 0.717) is 6.54 Å². The molecule has 0 radical (unpaired) electrons. The van der Waals surface area contributed by atoms with Gasteiger partial charge in [-0.2, -0.15) is 0 Å². The lowest BCUT2D eigenvalue weighted by atomic mass is 9.82. The number of hydrogen-bond acceptors (Lipinski definition) is 3. The molecule has 0 aliphatic rings. The Morgan fingerprint density at radius 3 is 2.16 bits per heavy atom. The maximum atomic E-state index is 9.67. The third-order valence-corrected chi connectivity index (χ3v) is 4.06. The molecule has 0 atom stereocenters. The fourth-order valence-corrected chi connectivity index (χ4v) is 2.42. The predicted octanol–water partition coefficient (Wildman–Crippen LogP) is 2.28. The molecule has 0 heterocycles. The molecule has 0 saturated heterocycles. The number of rotatable bonds is 9. The van der Waals surface area contributed by atoms with Gasteiger partial charge in [-0.15, -0.1) is 0 Å². The van der Waals surface area contributed by atoms with Crippen molar-refractivity contribution in [1.82, 2.24) is 4.90 Å². The lowest BCUT2D eigenvalue weighted by molar-refractivity contribution is 0.0548. The molecule has 0 aliphatic heterocycles. The highest BCUT2D eigenvalue weighted by Crippen LogP contribution is 2.27. The van der Waals surface area contributed by atoms with Crippen LogP contribution in [0.25, 0.3) is 0 Å². The van der Waals surface area contributed by atoms with Gasteiger partial charge in [0.15, 0.2) is 0 Å². The number of aliphatic hydroxyl groups excluding tert-OH is 2. The second-order valence-corrected chi connectivity index (χ2v) is 5.29. The minimum absolute atomic E-state index is 0.0516. The minimum Gasteiger partial charge on any atom is -0.396 e. The molecule has 0 saturated carbocycles. The summed E-state index contributed by atoms with van der Waals surface area (Å²) in [5, 5.41) is 18.9. The highest BCUT2D eigenvalue weighted by atomic mass is 16.3. The number of aliphatic hydroxyl groups is 2. The van der Waals surface area contributed by atoms with Gasteiger partial charge >= 0.3 is 0 Å². The molecule has 1 rings (SSSR count). The summed E-state index contributed by atoms with van der Waals surface area (Å²) in [6, 6.07) is 10.3. The van der Waals surface area contributed by atoms with Crippen molar-refractivity contribution in [1.29, 1.82) is 0 Å². The van der Waals surface area contributed by atoms with E-state index >= 15 is 0 Å². The predicted molar refractivity (Wildman–Crippen MR) is 78.9 cm³/mol. The molecule has 1 aromatic carbocycles. The van der Waals surface area contributed by atoms with Crippen molar-refractivity contribution in [2.45, 2.75) is 33.2 Å². The first-order chi connectivity index (χ1) is 9.19. The van der Waals surface area contributed by atoms with Crippen LogP contribution in [0.2, 0.25) is 0 Å². The maximum absolute atomic E-state index is 9.67. The molecule has 108 valence electrons. The normalized spacial score (nSPS) is 12.1. The summed E-state index contributed by atoms with van der Waals surface area (Å²) >= 11 is 0. The van der Waals surface area contributed by atoms with Crippen molar-refractivity contribution in [2.75, 3.05) is 26.3 Å². The smallest absolute Gasteiger partial charge is 0.0558 e. The van der Waals surface area contributed by atoms with Gasteiger partial charge in [-0.05, 0) is 18.4 Å². The van der Waals surface area contributed by atoms with Gasteiger partial charge < -0.3 is 10.2 Å². The zero-order valence-electron chi connectivity index (χ0n) is 12.2. The third kappa shape index (κ3) is 4.94. The topological polar surface area (TPSA) is 43.7 Å². The van der Waals surface area contributed by atoms with Gasteiger partial charge in [-0.3, -0.25) is 4.90 Å². The van der Waals surface area contributed by atoms with Gasteiger partial charge in [0.1, 0.15) is 0 Å². The Morgan fingerprint density at radius 1 is 1.05 bits per heavy atom. The van der Waals surface area contributed by atoms with Gasteiger partial charge in [-0.1, -0.05) is 44.2 Å². The summed E-state index contributed by atoms with van der Waals surface area (Å²) in [5.74, 6) is 0. The minimum atomic E-state index is -0.0516. The average molecular weight is 265 g/mol. The Morgan fingerprint density at radius 2 is 1.68 bits per heavy atom. The van der Waals surface area contributed by atoms with Crippen LogP contribution in [0.5, 0.6) is 0 Å². The fraction of sp³-hybridized carbons (Fsp3) is 0.625. The number of nitrogens with zero attached hydrogens (tertiary/aromatic N) is 1. The number of hydrogen-bond donors (Lipinski definition) is 2. The Labute approximate surface area is 116 Å². The van der Waals surface area contributed by atoms with Crippen molar-refractivity contribution in [3.63, 3.8) is 0 Å². The van der Waals surface area contributed by atoms with Crippen molar-refractivity contribution in [3.8, 4) is 0 Å². The molecule has 1 aromatic rings. The highest BCUT2D eigenvalue weighted by Gasteiger charge is 2.27. The second kappa shape index (κ2) is 8.31. The van der Waals surface area contributed by atoms with Gasteiger partial charge in [0, 0.05) is 31.7 Å². The van der Waals surface area contributed by atoms with Gasteiger partial charge in [0.2, 0.25) is 0 Å². The van der Waals surface area contributed by atoms with Crippen molar-refractivity contribution < 1.29 is 10.2 Å². The molecule has 0 unspecified atom stereocenters. The highest BCUT2D eigenvalue weighted by molar-refractivity contribution is 5.14. The van der Waals surface area contributed by atoms with Crippen LogP contribution in [0.1, 0.15) is 32.3 Å². The summed E-state index contributed by atoms with van der Waals surface area (Å²) in [6.45, 7) is 6.91. The molecular formula is C16H27NO2. The first-order valence-electron chi connectivity index (χ1n) is 7.17. The van der Waals surface area contributed by atoms with Crippen LogP contribution in [-0.4, -0.2) is 41.4 Å². The van der Waals surface area contributed by atoms with E-state index in [1.54, 1.807) is 0 Å². The molecule has 0 fully saturated rings. The summed E-state index contributed by atoms with van der Waals surface area (Å²) in [7, 11) is 0. The van der Waals surface area contributed by atoms with Gasteiger partial charge in [0.05, 0.1) is 6.61 Å². The Balaban J connectivity index is 2.71. The molecule has 2 N–H and O–H groups in total. The van der Waals surface area contributed by atoms with Crippen LogP contribution < -0.4 is 0 Å². The molecule has 3 nitrogen and oxygen atoms in total. The monoisotopic (exact) mass is 265 g/mol. The Bertz CT molecular complexity index is 328. The molecule has 0 bridgehead atoms. The molecule has 0 aliphatic carbocycles. The summed E-state index contributed by atoms with van der Waals surface area (Å²) < 4.78 is 0. The molecule has 19 heavy (non-hydrogen) atoms. The lowest BCUT2D eigenvalue weighted by Crippen LogP contribution is -2.40. The summed E-state index contributed by atoms with van der Waals surface area (Å²) in [4.78, 5) is 2.23. The molecule has 0 spiro atoms.